The number of carboxylic acids is 2. The first kappa shape index (κ1) is 54.4. The van der Waals surface area contributed by atoms with Crippen LogP contribution in [0.1, 0.15) is 90.9 Å². The molecule has 0 aromatic rings. The van der Waals surface area contributed by atoms with Gasteiger partial charge >= 0.3 is 11.9 Å². The van der Waals surface area contributed by atoms with Gasteiger partial charge in [0.05, 0.1) is 32.3 Å². The largest absolute Gasteiger partial charge is 0.481 e. The Morgan fingerprint density at radius 2 is 1.15 bits per heavy atom. The molecule has 7 atom stereocenters. The minimum absolute atomic E-state index is 0.0486. The van der Waals surface area contributed by atoms with Crippen LogP contribution in [-0.2, 0) is 52.7 Å². The van der Waals surface area contributed by atoms with Gasteiger partial charge in [-0.15, -0.1) is 0 Å². The molecule has 3 aliphatic heterocycles. The van der Waals surface area contributed by atoms with Crippen molar-refractivity contribution in [2.75, 3.05) is 52.4 Å². The van der Waals surface area contributed by atoms with E-state index in [1.54, 1.807) is 0 Å². The fraction of sp³-hybridized carbons (Fsp3) is 0.732. The number of carbonyl (C=O) groups excluding carboxylic acids is 9. The fourth-order valence-electron chi connectivity index (χ4n) is 7.95. The molecule has 3 rings (SSSR count). The smallest absolute Gasteiger partial charge is 0.326 e. The molecule has 13 N–H and O–H groups in total. The van der Waals surface area contributed by atoms with Gasteiger partial charge in [0.2, 0.25) is 53.2 Å². The van der Waals surface area contributed by atoms with Crippen molar-refractivity contribution in [1.82, 2.24) is 52.3 Å². The number of hydrogen-bond acceptors (Lipinski definition) is 14. The van der Waals surface area contributed by atoms with Gasteiger partial charge < -0.3 is 73.4 Å². The van der Waals surface area contributed by atoms with Crippen LogP contribution < -0.4 is 48.3 Å². The number of amides is 9. The second-order valence-corrected chi connectivity index (χ2v) is 17.0. The van der Waals surface area contributed by atoms with E-state index >= 15 is 0 Å². The predicted octanol–water partition coefficient (Wildman–Crippen LogP) is -4.88. The summed E-state index contributed by atoms with van der Waals surface area (Å²) in [5.41, 5.74) is 5.46. The van der Waals surface area contributed by atoms with Gasteiger partial charge in [-0.1, -0.05) is 13.8 Å². The molecule has 370 valence electrons. The zero-order chi connectivity index (χ0) is 48.9. The van der Waals surface area contributed by atoms with Crippen LogP contribution in [0.4, 0.5) is 0 Å². The summed E-state index contributed by atoms with van der Waals surface area (Å²) in [5, 5.41) is 48.7. The monoisotopic (exact) mass is 937 g/mol. The van der Waals surface area contributed by atoms with E-state index in [9.17, 15) is 68.1 Å². The molecule has 3 aliphatic rings. The Morgan fingerprint density at radius 1 is 0.636 bits per heavy atom. The lowest BCUT2D eigenvalue weighted by Crippen LogP contribution is -2.57. The molecule has 9 amide bonds. The molecule has 0 bridgehead atoms. The summed E-state index contributed by atoms with van der Waals surface area (Å²) in [6, 6.07) is -7.77. The van der Waals surface area contributed by atoms with Gasteiger partial charge in [-0.25, -0.2) is 4.79 Å². The molecule has 0 unspecified atom stereocenters. The van der Waals surface area contributed by atoms with E-state index in [1.165, 1.54) is 9.80 Å². The summed E-state index contributed by atoms with van der Waals surface area (Å²) in [4.78, 5) is 143. The van der Waals surface area contributed by atoms with Crippen LogP contribution in [0.15, 0.2) is 0 Å². The molecule has 3 heterocycles. The molecule has 25 heteroatoms. The van der Waals surface area contributed by atoms with Crippen LogP contribution in [0.3, 0.4) is 0 Å². The standard InChI is InChI=1S/C41H67N11O14/c1-23(2)18-27(48-32(55)21-46-38(62)30-11-7-17-52(30)40(64)28(22-53)49-33(56)19-44-35(59)24-9-5-15-43-24)39(63)51-16-6-10-29(51)37(61)45-20-31(54)47-25(12-13-34(57)58)36(60)50-26(41(65)66)8-3-4-14-42/h23-30,43,53H,3-22,42H2,1-2H3,(H,44,59)(H,45,61)(H,46,62)(H,47,54)(H,48,55)(H,49,56)(H,50,60)(H,57,58)(H,65,66)/t24-,25-,26-,27-,28-,29-,30-/m0/s1. The lowest BCUT2D eigenvalue weighted by Gasteiger charge is -2.30. The molecular formula is C41H67N11O14. The normalized spacial score (nSPS) is 19.7. The number of aliphatic carboxylic acids is 2. The number of nitrogens with one attached hydrogen (secondary N) is 8. The van der Waals surface area contributed by atoms with E-state index in [0.29, 0.717) is 45.2 Å². The highest BCUT2D eigenvalue weighted by Crippen LogP contribution is 2.21. The Balaban J connectivity index is 1.55. The van der Waals surface area contributed by atoms with Gasteiger partial charge in [0.15, 0.2) is 0 Å². The Kier molecular flexibility index (Phi) is 22.7. The van der Waals surface area contributed by atoms with Crippen LogP contribution in [-0.4, -0.2) is 185 Å². The summed E-state index contributed by atoms with van der Waals surface area (Å²) in [7, 11) is 0. The van der Waals surface area contributed by atoms with Gasteiger partial charge in [0.25, 0.3) is 0 Å². The third kappa shape index (κ3) is 17.5. The maximum atomic E-state index is 13.9. The minimum Gasteiger partial charge on any atom is -0.481 e. The van der Waals surface area contributed by atoms with Crippen LogP contribution >= 0.6 is 0 Å². The van der Waals surface area contributed by atoms with Crippen molar-refractivity contribution in [3.05, 3.63) is 0 Å². The van der Waals surface area contributed by atoms with Gasteiger partial charge in [0.1, 0.15) is 36.3 Å². The lowest BCUT2D eigenvalue weighted by molar-refractivity contribution is -0.143. The average molecular weight is 938 g/mol. The highest BCUT2D eigenvalue weighted by Gasteiger charge is 2.40. The van der Waals surface area contributed by atoms with Crippen LogP contribution in [0.2, 0.25) is 0 Å². The van der Waals surface area contributed by atoms with Crippen LogP contribution in [0.25, 0.3) is 0 Å². The number of carboxylic acid groups (broad SMARTS) is 2. The number of likely N-dealkylation sites (tertiary alicyclic amines) is 2. The number of carbonyl (C=O) groups is 11. The maximum absolute atomic E-state index is 13.9. The van der Waals surface area contributed by atoms with Gasteiger partial charge in [-0.05, 0) is 89.6 Å². The van der Waals surface area contributed by atoms with E-state index in [4.69, 9.17) is 5.73 Å². The summed E-state index contributed by atoms with van der Waals surface area (Å²) < 4.78 is 0. The van der Waals surface area contributed by atoms with E-state index in [2.05, 4.69) is 42.5 Å². The third-order valence-electron chi connectivity index (χ3n) is 11.3. The zero-order valence-electron chi connectivity index (χ0n) is 37.6. The Morgan fingerprint density at radius 3 is 1.62 bits per heavy atom. The highest BCUT2D eigenvalue weighted by atomic mass is 16.4. The minimum atomic E-state index is -1.44. The number of nitrogens with two attached hydrogens (primary N) is 1. The molecule has 25 nitrogen and oxygen atoms in total. The van der Waals surface area contributed by atoms with Crippen molar-refractivity contribution in [2.24, 2.45) is 11.7 Å². The van der Waals surface area contributed by atoms with Crippen molar-refractivity contribution < 1.29 is 68.1 Å². The Labute approximate surface area is 382 Å². The van der Waals surface area contributed by atoms with E-state index in [0.717, 1.165) is 6.42 Å². The van der Waals surface area contributed by atoms with Gasteiger partial charge in [-0.2, -0.15) is 0 Å². The summed E-state index contributed by atoms with van der Waals surface area (Å²) in [6.07, 6.45) is 2.91. The summed E-state index contributed by atoms with van der Waals surface area (Å²) in [6.45, 7) is 2.44. The first-order valence-electron chi connectivity index (χ1n) is 22.5. The molecule has 0 radical (unpaired) electrons. The van der Waals surface area contributed by atoms with Crippen molar-refractivity contribution >= 4 is 65.1 Å². The van der Waals surface area contributed by atoms with Crippen molar-refractivity contribution in [3.63, 3.8) is 0 Å². The van der Waals surface area contributed by atoms with E-state index in [-0.39, 0.29) is 57.0 Å². The van der Waals surface area contributed by atoms with Crippen LogP contribution in [0, 0.1) is 5.92 Å². The molecule has 3 saturated heterocycles. The summed E-state index contributed by atoms with van der Waals surface area (Å²) in [5.74, 6) is -9.05. The molecular weight excluding hydrogens is 871 g/mol. The molecule has 0 aliphatic carbocycles. The average Bonchev–Trinajstić information content (AvgIpc) is 4.09. The number of aliphatic hydroxyl groups is 1. The zero-order valence-corrected chi connectivity index (χ0v) is 37.6. The Hall–Kier alpha value is -5.95. The fourth-order valence-corrected chi connectivity index (χ4v) is 7.95. The molecule has 0 saturated carbocycles. The van der Waals surface area contributed by atoms with Crippen molar-refractivity contribution in [1.29, 1.82) is 0 Å². The highest BCUT2D eigenvalue weighted by molar-refractivity contribution is 5.97. The van der Waals surface area contributed by atoms with Crippen LogP contribution in [0.5, 0.6) is 0 Å². The Bertz CT molecular complexity index is 1760. The van der Waals surface area contributed by atoms with Gasteiger partial charge in [-0.3, -0.25) is 47.9 Å². The molecule has 3 fully saturated rings. The third-order valence-corrected chi connectivity index (χ3v) is 11.3. The number of hydrogen-bond donors (Lipinski definition) is 12. The molecule has 0 spiro atoms. The topological polar surface area (TPSA) is 377 Å². The first-order chi connectivity index (χ1) is 31.4. The lowest BCUT2D eigenvalue weighted by atomic mass is 10.0. The molecule has 0 aromatic heterocycles. The SMILES string of the molecule is CC(C)C[C@H](NC(=O)CNC(=O)[C@@H]1CCCN1C(=O)[C@H](CO)NC(=O)CNC(=O)[C@@H]1CCCN1)C(=O)N1CCC[C@H]1C(=O)NCC(=O)N[C@@H](CCC(=O)O)C(=O)N[C@@H](CCCCN)C(=O)O. The number of aliphatic hydroxyl groups excluding tert-OH is 1. The van der Waals surface area contributed by atoms with E-state index in [1.807, 2.05) is 13.8 Å². The van der Waals surface area contributed by atoms with Gasteiger partial charge in [0, 0.05) is 19.5 Å². The van der Waals surface area contributed by atoms with Crippen molar-refractivity contribution in [3.8, 4) is 0 Å². The van der Waals surface area contributed by atoms with E-state index < -0.39 is 134 Å². The number of nitrogens with zero attached hydrogens (tertiary/aromatic N) is 2. The maximum Gasteiger partial charge on any atom is 0.326 e. The summed E-state index contributed by atoms with van der Waals surface area (Å²) >= 11 is 0. The predicted molar refractivity (Wildman–Crippen MR) is 231 cm³/mol. The quantitative estimate of drug-likeness (QED) is 0.0344. The second kappa shape index (κ2) is 27.5. The molecule has 66 heavy (non-hydrogen) atoms. The number of rotatable bonds is 27. The molecule has 0 aromatic carbocycles. The number of unbranched alkanes of at least 4 members (excludes halogenated alkanes) is 1. The first-order valence-corrected chi connectivity index (χ1v) is 22.5. The van der Waals surface area contributed by atoms with Crippen molar-refractivity contribution in [2.45, 2.75) is 133 Å². The second-order valence-electron chi connectivity index (χ2n) is 17.0.